The normalized spacial score (nSPS) is 13.9. The Balaban J connectivity index is 3.04. The molecule has 0 fully saturated rings. The molecule has 106 valence electrons. The quantitative estimate of drug-likeness (QED) is 0.815. The first kappa shape index (κ1) is 15.9. The number of unbranched alkanes of at least 4 members (excludes halogenated alkanes) is 1. The fourth-order valence-electron chi connectivity index (χ4n) is 1.97. The first-order valence-electron chi connectivity index (χ1n) is 6.22. The summed E-state index contributed by atoms with van der Waals surface area (Å²) in [6, 6.07) is 4.14. The third-order valence-electron chi connectivity index (χ3n) is 3.05. The molecule has 0 saturated carbocycles. The molecule has 0 heterocycles. The number of halogens is 2. The number of esters is 1. The van der Waals surface area contributed by atoms with Gasteiger partial charge in [-0.15, -0.1) is 0 Å². The van der Waals surface area contributed by atoms with Gasteiger partial charge in [0.05, 0.1) is 19.1 Å². The Labute approximate surface area is 117 Å². The lowest BCUT2D eigenvalue weighted by Crippen LogP contribution is -2.24. The van der Waals surface area contributed by atoms with E-state index in [1.807, 2.05) is 6.92 Å². The van der Waals surface area contributed by atoms with E-state index in [9.17, 15) is 14.3 Å². The Kier molecular flexibility index (Phi) is 6.25. The van der Waals surface area contributed by atoms with Gasteiger partial charge in [-0.25, -0.2) is 4.39 Å². The van der Waals surface area contributed by atoms with Crippen molar-refractivity contribution in [2.75, 3.05) is 7.11 Å². The summed E-state index contributed by atoms with van der Waals surface area (Å²) in [4.78, 5) is 11.7. The molecule has 0 aliphatic rings. The minimum absolute atomic E-state index is 0.0457. The van der Waals surface area contributed by atoms with Crippen LogP contribution in [0.15, 0.2) is 18.2 Å². The fraction of sp³-hybridized carbons (Fsp3) is 0.500. The highest BCUT2D eigenvalue weighted by Gasteiger charge is 2.31. The number of aliphatic hydroxyl groups excluding tert-OH is 1. The monoisotopic (exact) mass is 288 g/mol. The summed E-state index contributed by atoms with van der Waals surface area (Å²) in [5, 5.41) is 10.4. The van der Waals surface area contributed by atoms with Gasteiger partial charge in [-0.1, -0.05) is 37.4 Å². The minimum atomic E-state index is -1.30. The molecule has 0 saturated heterocycles. The van der Waals surface area contributed by atoms with Gasteiger partial charge in [0.2, 0.25) is 0 Å². The van der Waals surface area contributed by atoms with Gasteiger partial charge in [0.25, 0.3) is 0 Å². The third-order valence-corrected chi connectivity index (χ3v) is 3.38. The van der Waals surface area contributed by atoms with E-state index in [0.717, 1.165) is 12.8 Å². The van der Waals surface area contributed by atoms with Crippen LogP contribution in [-0.2, 0) is 9.53 Å². The third kappa shape index (κ3) is 3.91. The highest BCUT2D eigenvalue weighted by molar-refractivity contribution is 6.31. The van der Waals surface area contributed by atoms with Gasteiger partial charge in [0.1, 0.15) is 5.82 Å². The Morgan fingerprint density at radius 1 is 1.53 bits per heavy atom. The molecule has 5 heteroatoms. The second-order valence-electron chi connectivity index (χ2n) is 4.35. The second kappa shape index (κ2) is 7.46. The van der Waals surface area contributed by atoms with Gasteiger partial charge in [-0.05, 0) is 18.6 Å². The van der Waals surface area contributed by atoms with E-state index in [2.05, 4.69) is 4.74 Å². The Morgan fingerprint density at radius 2 is 2.21 bits per heavy atom. The van der Waals surface area contributed by atoms with E-state index in [4.69, 9.17) is 11.6 Å². The van der Waals surface area contributed by atoms with Gasteiger partial charge >= 0.3 is 5.97 Å². The van der Waals surface area contributed by atoms with Crippen molar-refractivity contribution in [3.05, 3.63) is 34.6 Å². The number of hydrogen-bond acceptors (Lipinski definition) is 3. The van der Waals surface area contributed by atoms with Crippen molar-refractivity contribution >= 4 is 17.6 Å². The lowest BCUT2D eigenvalue weighted by molar-refractivity contribution is -0.150. The predicted molar refractivity (Wildman–Crippen MR) is 71.4 cm³/mol. The number of aliphatic hydroxyl groups is 1. The topological polar surface area (TPSA) is 46.5 Å². The van der Waals surface area contributed by atoms with Crippen LogP contribution in [0.3, 0.4) is 0 Å². The zero-order chi connectivity index (χ0) is 14.4. The molecule has 1 N–H and O–H groups in total. The molecular weight excluding hydrogens is 271 g/mol. The van der Waals surface area contributed by atoms with Gasteiger partial charge in [0.15, 0.2) is 0 Å². The van der Waals surface area contributed by atoms with Crippen molar-refractivity contribution in [3.8, 4) is 0 Å². The molecule has 0 aliphatic carbocycles. The minimum Gasteiger partial charge on any atom is -0.469 e. The number of rotatable bonds is 6. The van der Waals surface area contributed by atoms with Gasteiger partial charge in [0, 0.05) is 10.6 Å². The lowest BCUT2D eigenvalue weighted by Gasteiger charge is -2.22. The predicted octanol–water partition coefficient (Wildman–Crippen LogP) is 3.49. The highest BCUT2D eigenvalue weighted by Crippen LogP contribution is 2.33. The lowest BCUT2D eigenvalue weighted by atomic mass is 9.91. The van der Waals surface area contributed by atoms with Crippen LogP contribution in [0, 0.1) is 11.7 Å². The van der Waals surface area contributed by atoms with E-state index in [1.165, 1.54) is 25.3 Å². The average molecular weight is 289 g/mol. The molecule has 2 unspecified atom stereocenters. The maximum atomic E-state index is 13.8. The van der Waals surface area contributed by atoms with Crippen LogP contribution in [0.5, 0.6) is 0 Å². The summed E-state index contributed by atoms with van der Waals surface area (Å²) < 4.78 is 18.4. The SMILES string of the molecule is CCCCC(C(=O)OC)C(O)c1c(F)cccc1Cl. The molecule has 19 heavy (non-hydrogen) atoms. The first-order chi connectivity index (χ1) is 9.02. The highest BCUT2D eigenvalue weighted by atomic mass is 35.5. The molecule has 2 atom stereocenters. The Morgan fingerprint density at radius 3 is 2.74 bits per heavy atom. The molecule has 0 radical (unpaired) electrons. The van der Waals surface area contributed by atoms with Crippen molar-refractivity contribution in [2.45, 2.75) is 32.3 Å². The van der Waals surface area contributed by atoms with Crippen LogP contribution in [0.2, 0.25) is 5.02 Å². The van der Waals surface area contributed by atoms with Gasteiger partial charge < -0.3 is 9.84 Å². The standard InChI is InChI=1S/C14H18ClFO3/c1-3-4-6-9(14(18)19-2)13(17)12-10(15)7-5-8-11(12)16/h5,7-9,13,17H,3-4,6H2,1-2H3. The summed E-state index contributed by atoms with van der Waals surface area (Å²) in [6.07, 6.45) is 0.732. The summed E-state index contributed by atoms with van der Waals surface area (Å²) in [6.45, 7) is 1.97. The zero-order valence-corrected chi connectivity index (χ0v) is 11.8. The second-order valence-corrected chi connectivity index (χ2v) is 4.76. The van der Waals surface area contributed by atoms with Gasteiger partial charge in [-0.2, -0.15) is 0 Å². The van der Waals surface area contributed by atoms with E-state index in [0.29, 0.717) is 6.42 Å². The summed E-state index contributed by atoms with van der Waals surface area (Å²) >= 11 is 5.90. The molecule has 1 aromatic carbocycles. The molecule has 1 rings (SSSR count). The van der Waals surface area contributed by atoms with Crippen molar-refractivity contribution in [2.24, 2.45) is 5.92 Å². The molecule has 0 aromatic heterocycles. The number of methoxy groups -OCH3 is 1. The van der Waals surface area contributed by atoms with Crippen LogP contribution in [0.1, 0.15) is 37.9 Å². The number of benzene rings is 1. The molecule has 0 amide bonds. The Bertz CT molecular complexity index is 416. The Hall–Kier alpha value is -1.13. The maximum absolute atomic E-state index is 13.8. The van der Waals surface area contributed by atoms with Crippen molar-refractivity contribution in [3.63, 3.8) is 0 Å². The zero-order valence-electron chi connectivity index (χ0n) is 11.0. The van der Waals surface area contributed by atoms with Crippen LogP contribution in [0.25, 0.3) is 0 Å². The molecule has 3 nitrogen and oxygen atoms in total. The summed E-state index contributed by atoms with van der Waals surface area (Å²) in [5.41, 5.74) is -0.0457. The number of carbonyl (C=O) groups is 1. The number of carbonyl (C=O) groups excluding carboxylic acids is 1. The smallest absolute Gasteiger partial charge is 0.311 e. The average Bonchev–Trinajstić information content (AvgIpc) is 2.38. The summed E-state index contributed by atoms with van der Waals surface area (Å²) in [7, 11) is 1.25. The number of hydrogen-bond donors (Lipinski definition) is 1. The van der Waals surface area contributed by atoms with Crippen LogP contribution >= 0.6 is 11.6 Å². The van der Waals surface area contributed by atoms with Crippen LogP contribution in [0.4, 0.5) is 4.39 Å². The first-order valence-corrected chi connectivity index (χ1v) is 6.60. The van der Waals surface area contributed by atoms with E-state index in [-0.39, 0.29) is 10.6 Å². The molecule has 0 bridgehead atoms. The fourth-order valence-corrected chi connectivity index (χ4v) is 2.25. The van der Waals surface area contributed by atoms with E-state index >= 15 is 0 Å². The molecule has 0 spiro atoms. The maximum Gasteiger partial charge on any atom is 0.311 e. The van der Waals surface area contributed by atoms with Crippen LogP contribution in [-0.4, -0.2) is 18.2 Å². The molecule has 1 aromatic rings. The van der Waals surface area contributed by atoms with Crippen molar-refractivity contribution in [1.82, 2.24) is 0 Å². The van der Waals surface area contributed by atoms with E-state index < -0.39 is 23.8 Å². The molecule has 0 aliphatic heterocycles. The van der Waals surface area contributed by atoms with Gasteiger partial charge in [-0.3, -0.25) is 4.79 Å². The van der Waals surface area contributed by atoms with Crippen molar-refractivity contribution in [1.29, 1.82) is 0 Å². The largest absolute Gasteiger partial charge is 0.469 e. The molecular formula is C14H18ClFO3. The van der Waals surface area contributed by atoms with E-state index in [1.54, 1.807) is 0 Å². The summed E-state index contributed by atoms with van der Waals surface area (Å²) in [5.74, 6) is -1.98. The van der Waals surface area contributed by atoms with Crippen molar-refractivity contribution < 1.29 is 19.0 Å². The van der Waals surface area contributed by atoms with Crippen LogP contribution < -0.4 is 0 Å². The number of ether oxygens (including phenoxy) is 1.